The van der Waals surface area contributed by atoms with Crippen molar-refractivity contribution in [3.8, 4) is 17.6 Å². The topological polar surface area (TPSA) is 42.2 Å². The maximum absolute atomic E-state index is 8.87. The highest BCUT2D eigenvalue weighted by Gasteiger charge is 2.11. The zero-order valence-corrected chi connectivity index (χ0v) is 14.1. The van der Waals surface area contributed by atoms with Crippen molar-refractivity contribution in [3.63, 3.8) is 0 Å². The summed E-state index contributed by atoms with van der Waals surface area (Å²) in [7, 11) is 3.31. The number of benzene rings is 1. The highest BCUT2D eigenvalue weighted by atomic mass is 32.2. The Kier molecular flexibility index (Phi) is 8.77. The Labute approximate surface area is 132 Å². The van der Waals surface area contributed by atoms with Gasteiger partial charge < -0.3 is 9.47 Å². The van der Waals surface area contributed by atoms with E-state index in [-0.39, 0.29) is 0 Å². The fraction of sp³-hybridized carbons (Fsp3) is 0.588. The van der Waals surface area contributed by atoms with E-state index in [1.807, 2.05) is 12.1 Å². The van der Waals surface area contributed by atoms with E-state index in [9.17, 15) is 0 Å². The molecule has 0 N–H and O–H groups in total. The van der Waals surface area contributed by atoms with Gasteiger partial charge in [0.2, 0.25) is 0 Å². The summed E-state index contributed by atoms with van der Waals surface area (Å²) in [5.74, 6) is 2.69. The standard InChI is InChI=1S/C17H25NO2S/c1-4-5-6-7-8-11-21-17-13-15(19-2)14(9-10-18)12-16(17)20-3/h12-13H,4-9,11H2,1-3H3. The average Bonchev–Trinajstić information content (AvgIpc) is 2.51. The van der Waals surface area contributed by atoms with Gasteiger partial charge in [-0.25, -0.2) is 0 Å². The quantitative estimate of drug-likeness (QED) is 0.458. The van der Waals surface area contributed by atoms with E-state index in [2.05, 4.69) is 13.0 Å². The summed E-state index contributed by atoms with van der Waals surface area (Å²) in [5.41, 5.74) is 0.879. The van der Waals surface area contributed by atoms with Gasteiger partial charge in [0.1, 0.15) is 11.5 Å². The smallest absolute Gasteiger partial charge is 0.132 e. The Hall–Kier alpha value is -1.34. The largest absolute Gasteiger partial charge is 0.496 e. The first kappa shape index (κ1) is 17.7. The lowest BCUT2D eigenvalue weighted by atomic mass is 10.1. The van der Waals surface area contributed by atoms with Gasteiger partial charge in [-0.3, -0.25) is 0 Å². The third-order valence-corrected chi connectivity index (χ3v) is 4.46. The second-order valence-electron chi connectivity index (χ2n) is 4.91. The number of hydrogen-bond donors (Lipinski definition) is 0. The second-order valence-corrected chi connectivity index (χ2v) is 6.05. The SMILES string of the molecule is CCCCCCCSc1cc(OC)c(CC#N)cc1OC. The number of hydrogen-bond acceptors (Lipinski definition) is 4. The predicted molar refractivity (Wildman–Crippen MR) is 88.3 cm³/mol. The van der Waals surface area contributed by atoms with Crippen LogP contribution in [-0.2, 0) is 6.42 Å². The molecule has 4 heteroatoms. The molecule has 0 spiro atoms. The minimum absolute atomic E-state index is 0.335. The van der Waals surface area contributed by atoms with Gasteiger partial charge in [-0.05, 0) is 24.3 Å². The molecule has 1 rings (SSSR count). The molecule has 0 aromatic heterocycles. The summed E-state index contributed by atoms with van der Waals surface area (Å²) in [6.07, 6.45) is 6.76. The normalized spacial score (nSPS) is 10.2. The fourth-order valence-corrected chi connectivity index (χ4v) is 3.20. The molecule has 0 bridgehead atoms. The maximum Gasteiger partial charge on any atom is 0.132 e. The van der Waals surface area contributed by atoms with Crippen molar-refractivity contribution in [2.24, 2.45) is 0 Å². The Morgan fingerprint density at radius 1 is 1.05 bits per heavy atom. The fourth-order valence-electron chi connectivity index (χ4n) is 2.16. The van der Waals surface area contributed by atoms with Crippen molar-refractivity contribution in [2.45, 2.75) is 50.3 Å². The van der Waals surface area contributed by atoms with E-state index in [0.717, 1.165) is 27.7 Å². The monoisotopic (exact) mass is 307 g/mol. The third kappa shape index (κ3) is 5.89. The van der Waals surface area contributed by atoms with Crippen LogP contribution in [0.4, 0.5) is 0 Å². The van der Waals surface area contributed by atoms with E-state index in [0.29, 0.717) is 6.42 Å². The Morgan fingerprint density at radius 3 is 2.38 bits per heavy atom. The molecular weight excluding hydrogens is 282 g/mol. The van der Waals surface area contributed by atoms with Crippen LogP contribution in [0.15, 0.2) is 17.0 Å². The molecule has 0 atom stereocenters. The Morgan fingerprint density at radius 2 is 1.76 bits per heavy atom. The molecule has 0 fully saturated rings. The molecule has 0 heterocycles. The van der Waals surface area contributed by atoms with E-state index in [4.69, 9.17) is 14.7 Å². The Balaban J connectivity index is 2.66. The number of nitriles is 1. The van der Waals surface area contributed by atoms with Crippen LogP contribution in [0.1, 0.15) is 44.6 Å². The Bertz CT molecular complexity index is 469. The zero-order valence-electron chi connectivity index (χ0n) is 13.3. The second kappa shape index (κ2) is 10.4. The van der Waals surface area contributed by atoms with E-state index in [1.165, 1.54) is 32.1 Å². The van der Waals surface area contributed by atoms with Gasteiger partial charge in [0.25, 0.3) is 0 Å². The molecule has 0 saturated heterocycles. The van der Waals surface area contributed by atoms with Crippen molar-refractivity contribution in [2.75, 3.05) is 20.0 Å². The molecule has 21 heavy (non-hydrogen) atoms. The van der Waals surface area contributed by atoms with E-state index in [1.54, 1.807) is 26.0 Å². The lowest BCUT2D eigenvalue weighted by Gasteiger charge is -2.13. The summed E-state index contributed by atoms with van der Waals surface area (Å²) < 4.78 is 10.8. The highest BCUT2D eigenvalue weighted by Crippen LogP contribution is 2.36. The van der Waals surface area contributed by atoms with Gasteiger partial charge in [0.15, 0.2) is 0 Å². The van der Waals surface area contributed by atoms with Gasteiger partial charge >= 0.3 is 0 Å². The number of ether oxygens (including phenoxy) is 2. The molecular formula is C17H25NO2S. The summed E-state index contributed by atoms with van der Waals surface area (Å²) in [5, 5.41) is 8.87. The van der Waals surface area contributed by atoms with Gasteiger partial charge in [-0.2, -0.15) is 5.26 Å². The van der Waals surface area contributed by atoms with Crippen LogP contribution in [0.25, 0.3) is 0 Å². The highest BCUT2D eigenvalue weighted by molar-refractivity contribution is 7.99. The average molecular weight is 307 g/mol. The molecule has 0 amide bonds. The molecule has 0 unspecified atom stereocenters. The van der Waals surface area contributed by atoms with Crippen LogP contribution < -0.4 is 9.47 Å². The van der Waals surface area contributed by atoms with Gasteiger partial charge in [-0.15, -0.1) is 11.8 Å². The molecule has 1 aromatic carbocycles. The van der Waals surface area contributed by atoms with Crippen molar-refractivity contribution < 1.29 is 9.47 Å². The summed E-state index contributed by atoms with van der Waals surface area (Å²) >= 11 is 1.80. The molecule has 0 radical (unpaired) electrons. The number of thioether (sulfide) groups is 1. The molecule has 3 nitrogen and oxygen atoms in total. The minimum Gasteiger partial charge on any atom is -0.496 e. The summed E-state index contributed by atoms with van der Waals surface area (Å²) in [6.45, 7) is 2.23. The van der Waals surface area contributed by atoms with Crippen LogP contribution in [0.3, 0.4) is 0 Å². The molecule has 0 aliphatic carbocycles. The number of rotatable bonds is 10. The number of unbranched alkanes of at least 4 members (excludes halogenated alkanes) is 4. The van der Waals surface area contributed by atoms with Gasteiger partial charge in [0, 0.05) is 5.56 Å². The maximum atomic E-state index is 8.87. The predicted octanol–water partition coefficient (Wildman–Crippen LogP) is 4.83. The van der Waals surface area contributed by atoms with Crippen LogP contribution in [0.2, 0.25) is 0 Å². The zero-order chi connectivity index (χ0) is 15.5. The van der Waals surface area contributed by atoms with Crippen molar-refractivity contribution >= 4 is 11.8 Å². The molecule has 0 saturated carbocycles. The summed E-state index contributed by atoms with van der Waals surface area (Å²) in [4.78, 5) is 1.09. The lowest BCUT2D eigenvalue weighted by molar-refractivity contribution is 0.391. The van der Waals surface area contributed by atoms with Crippen LogP contribution in [-0.4, -0.2) is 20.0 Å². The summed E-state index contributed by atoms with van der Waals surface area (Å²) in [6, 6.07) is 6.07. The van der Waals surface area contributed by atoms with Crippen molar-refractivity contribution in [1.82, 2.24) is 0 Å². The van der Waals surface area contributed by atoms with E-state index >= 15 is 0 Å². The first-order chi connectivity index (χ1) is 10.3. The van der Waals surface area contributed by atoms with Crippen LogP contribution >= 0.6 is 11.8 Å². The van der Waals surface area contributed by atoms with E-state index < -0.39 is 0 Å². The van der Waals surface area contributed by atoms with Gasteiger partial charge in [-0.1, -0.05) is 32.6 Å². The first-order valence-corrected chi connectivity index (χ1v) is 8.50. The van der Waals surface area contributed by atoms with Crippen LogP contribution in [0, 0.1) is 11.3 Å². The van der Waals surface area contributed by atoms with Crippen molar-refractivity contribution in [1.29, 1.82) is 5.26 Å². The minimum atomic E-state index is 0.335. The molecule has 0 aliphatic rings. The van der Waals surface area contributed by atoms with Crippen LogP contribution in [0.5, 0.6) is 11.5 Å². The lowest BCUT2D eigenvalue weighted by Crippen LogP contribution is -1.95. The number of methoxy groups -OCH3 is 2. The molecule has 1 aromatic rings. The third-order valence-electron chi connectivity index (χ3n) is 3.34. The van der Waals surface area contributed by atoms with Crippen molar-refractivity contribution in [3.05, 3.63) is 17.7 Å². The van der Waals surface area contributed by atoms with Gasteiger partial charge in [0.05, 0.1) is 31.6 Å². The molecule has 116 valence electrons. The molecule has 0 aliphatic heterocycles. The number of nitrogens with zero attached hydrogens (tertiary/aromatic N) is 1. The first-order valence-electron chi connectivity index (χ1n) is 7.51.